The van der Waals surface area contributed by atoms with Crippen molar-refractivity contribution in [2.45, 2.75) is 27.2 Å². The minimum Gasteiger partial charge on any atom is -0.456 e. The van der Waals surface area contributed by atoms with Gasteiger partial charge in [-0.1, -0.05) is 31.2 Å². The highest BCUT2D eigenvalue weighted by Gasteiger charge is 2.16. The van der Waals surface area contributed by atoms with Crippen LogP contribution in [0.15, 0.2) is 42.6 Å². The molecular formula is C23H24N2O4. The highest BCUT2D eigenvalue weighted by Crippen LogP contribution is 2.22. The fourth-order valence-corrected chi connectivity index (χ4v) is 3.15. The quantitative estimate of drug-likeness (QED) is 0.476. The summed E-state index contributed by atoms with van der Waals surface area (Å²) in [5.74, 6) is -1.32. The van der Waals surface area contributed by atoms with Gasteiger partial charge in [-0.25, -0.2) is 0 Å². The largest absolute Gasteiger partial charge is 0.456 e. The van der Waals surface area contributed by atoms with Gasteiger partial charge in [0.15, 0.2) is 6.61 Å². The molecule has 2 aromatic carbocycles. The molecule has 0 aliphatic carbocycles. The number of para-hydroxylation sites is 1. The molecule has 1 aromatic heterocycles. The van der Waals surface area contributed by atoms with Gasteiger partial charge in [0.25, 0.3) is 5.91 Å². The van der Waals surface area contributed by atoms with E-state index in [4.69, 9.17) is 4.74 Å². The highest BCUT2D eigenvalue weighted by atomic mass is 16.5. The average molecular weight is 392 g/mol. The Bertz CT molecular complexity index is 1080. The van der Waals surface area contributed by atoms with Crippen LogP contribution in [0.4, 0.5) is 0 Å². The molecule has 0 aliphatic heterocycles. The maximum Gasteiger partial charge on any atom is 0.325 e. The Kier molecular flexibility index (Phi) is 6.12. The Hall–Kier alpha value is -3.41. The molecule has 1 amide bonds. The third kappa shape index (κ3) is 4.54. The molecule has 6 heteroatoms. The number of aryl methyl sites for hydroxylation is 3. The predicted octanol–water partition coefficient (Wildman–Crippen LogP) is 3.50. The van der Waals surface area contributed by atoms with E-state index in [0.717, 1.165) is 34.0 Å². The highest BCUT2D eigenvalue weighted by molar-refractivity contribution is 6.09. The predicted molar refractivity (Wildman–Crippen MR) is 111 cm³/mol. The molecule has 0 atom stereocenters. The van der Waals surface area contributed by atoms with E-state index in [0.29, 0.717) is 11.1 Å². The van der Waals surface area contributed by atoms with Gasteiger partial charge in [0, 0.05) is 28.2 Å². The lowest BCUT2D eigenvalue weighted by atomic mass is 10.1. The van der Waals surface area contributed by atoms with Crippen LogP contribution >= 0.6 is 0 Å². The summed E-state index contributed by atoms with van der Waals surface area (Å²) < 4.78 is 5.05. The van der Waals surface area contributed by atoms with Crippen molar-refractivity contribution >= 4 is 28.6 Å². The van der Waals surface area contributed by atoms with E-state index in [2.05, 4.69) is 10.3 Å². The van der Waals surface area contributed by atoms with Crippen molar-refractivity contribution in [2.24, 2.45) is 0 Å². The van der Waals surface area contributed by atoms with Gasteiger partial charge < -0.3 is 15.0 Å². The number of ether oxygens (including phenoxy) is 1. The van der Waals surface area contributed by atoms with E-state index in [1.165, 1.54) is 0 Å². The second kappa shape index (κ2) is 8.73. The molecule has 150 valence electrons. The Morgan fingerprint density at radius 1 is 1.07 bits per heavy atom. The van der Waals surface area contributed by atoms with Crippen LogP contribution in [-0.2, 0) is 16.0 Å². The number of hydrogen-bond donors (Lipinski definition) is 2. The Morgan fingerprint density at radius 3 is 2.59 bits per heavy atom. The third-order valence-electron chi connectivity index (χ3n) is 5.01. The lowest BCUT2D eigenvalue weighted by Crippen LogP contribution is -2.31. The van der Waals surface area contributed by atoms with Gasteiger partial charge >= 0.3 is 5.97 Å². The van der Waals surface area contributed by atoms with Crippen LogP contribution in [0.5, 0.6) is 0 Å². The van der Waals surface area contributed by atoms with Gasteiger partial charge in [-0.15, -0.1) is 0 Å². The van der Waals surface area contributed by atoms with E-state index < -0.39 is 5.97 Å². The number of aromatic nitrogens is 1. The van der Waals surface area contributed by atoms with Crippen molar-refractivity contribution in [1.29, 1.82) is 0 Å². The number of hydrogen-bond acceptors (Lipinski definition) is 4. The first-order chi connectivity index (χ1) is 13.9. The number of ketones is 1. The summed E-state index contributed by atoms with van der Waals surface area (Å²) in [6, 6.07) is 11.1. The number of aromatic amines is 1. The van der Waals surface area contributed by atoms with Crippen LogP contribution < -0.4 is 5.32 Å². The maximum absolute atomic E-state index is 12.5. The summed E-state index contributed by atoms with van der Waals surface area (Å²) in [4.78, 5) is 39.7. The molecule has 2 N–H and O–H groups in total. The maximum atomic E-state index is 12.5. The van der Waals surface area contributed by atoms with Crippen LogP contribution in [0, 0.1) is 13.8 Å². The minimum absolute atomic E-state index is 0.293. The number of carbonyl (C=O) groups excluding carboxylic acids is 3. The molecule has 0 saturated heterocycles. The van der Waals surface area contributed by atoms with Crippen molar-refractivity contribution in [1.82, 2.24) is 10.3 Å². The van der Waals surface area contributed by atoms with Gasteiger partial charge in [-0.2, -0.15) is 0 Å². The lowest BCUT2D eigenvalue weighted by molar-refractivity contribution is -0.141. The number of esters is 1. The van der Waals surface area contributed by atoms with E-state index in [1.807, 2.05) is 45.0 Å². The summed E-state index contributed by atoms with van der Waals surface area (Å²) in [5.41, 5.74) is 5.08. The first-order valence-corrected chi connectivity index (χ1v) is 9.54. The zero-order chi connectivity index (χ0) is 21.0. The third-order valence-corrected chi connectivity index (χ3v) is 5.01. The summed E-state index contributed by atoms with van der Waals surface area (Å²) in [6.45, 7) is 5.25. The number of fused-ring (bicyclic) bond motifs is 1. The van der Waals surface area contributed by atoms with Gasteiger partial charge in [0.05, 0.1) is 0 Å². The first-order valence-electron chi connectivity index (χ1n) is 9.54. The molecular weight excluding hydrogens is 368 g/mol. The smallest absolute Gasteiger partial charge is 0.325 e. The zero-order valence-electron chi connectivity index (χ0n) is 16.8. The monoisotopic (exact) mass is 392 g/mol. The average Bonchev–Trinajstić information content (AvgIpc) is 3.16. The van der Waals surface area contributed by atoms with Gasteiger partial charge in [0.2, 0.25) is 5.78 Å². The molecule has 0 unspecified atom stereocenters. The number of benzene rings is 2. The molecule has 0 bridgehead atoms. The molecule has 0 aliphatic rings. The fourth-order valence-electron chi connectivity index (χ4n) is 3.15. The van der Waals surface area contributed by atoms with Crippen molar-refractivity contribution in [3.63, 3.8) is 0 Å². The molecule has 0 radical (unpaired) electrons. The Morgan fingerprint density at radius 2 is 1.86 bits per heavy atom. The topological polar surface area (TPSA) is 88.3 Å². The van der Waals surface area contributed by atoms with Gasteiger partial charge in [-0.3, -0.25) is 14.4 Å². The summed E-state index contributed by atoms with van der Waals surface area (Å²) in [6.07, 6.45) is 2.49. The van der Waals surface area contributed by atoms with E-state index in [1.54, 1.807) is 18.3 Å². The lowest BCUT2D eigenvalue weighted by Gasteiger charge is -2.07. The SMILES string of the molecule is CCc1cccc2c(C(=O)COC(=O)CNC(=O)c3ccc(C)c(C)c3)c[nH]c12. The summed E-state index contributed by atoms with van der Waals surface area (Å²) in [7, 11) is 0. The minimum atomic E-state index is -0.662. The van der Waals surface area contributed by atoms with E-state index in [-0.39, 0.29) is 24.8 Å². The van der Waals surface area contributed by atoms with Crippen LogP contribution in [-0.4, -0.2) is 35.8 Å². The Balaban J connectivity index is 1.55. The first kappa shape index (κ1) is 20.3. The van der Waals surface area contributed by atoms with Gasteiger partial charge in [-0.05, 0) is 49.1 Å². The van der Waals surface area contributed by atoms with Crippen LogP contribution in [0.2, 0.25) is 0 Å². The van der Waals surface area contributed by atoms with Crippen molar-refractivity contribution in [3.8, 4) is 0 Å². The number of carbonyl (C=O) groups is 3. The number of rotatable bonds is 7. The fraction of sp³-hybridized carbons (Fsp3) is 0.261. The molecule has 29 heavy (non-hydrogen) atoms. The Labute approximate surface area is 169 Å². The molecule has 1 heterocycles. The normalized spacial score (nSPS) is 10.7. The van der Waals surface area contributed by atoms with Crippen LogP contribution in [0.1, 0.15) is 44.3 Å². The number of H-pyrrole nitrogens is 1. The van der Waals surface area contributed by atoms with Crippen molar-refractivity contribution in [3.05, 3.63) is 70.4 Å². The molecule has 0 spiro atoms. The van der Waals surface area contributed by atoms with E-state index in [9.17, 15) is 14.4 Å². The van der Waals surface area contributed by atoms with E-state index >= 15 is 0 Å². The van der Waals surface area contributed by atoms with Crippen molar-refractivity contribution in [2.75, 3.05) is 13.2 Å². The number of nitrogens with one attached hydrogen (secondary N) is 2. The standard InChI is InChI=1S/C23H24N2O4/c1-4-16-6-5-7-18-19(11-24-22(16)18)20(26)13-29-21(27)12-25-23(28)17-9-8-14(2)15(3)10-17/h5-11,24H,4,12-13H2,1-3H3,(H,25,28). The van der Waals surface area contributed by atoms with Crippen LogP contribution in [0.25, 0.3) is 10.9 Å². The van der Waals surface area contributed by atoms with Crippen LogP contribution in [0.3, 0.4) is 0 Å². The molecule has 6 nitrogen and oxygen atoms in total. The zero-order valence-corrected chi connectivity index (χ0v) is 16.8. The summed E-state index contributed by atoms with van der Waals surface area (Å²) >= 11 is 0. The van der Waals surface area contributed by atoms with Crippen molar-refractivity contribution < 1.29 is 19.1 Å². The molecule has 3 aromatic rings. The molecule has 0 fully saturated rings. The van der Waals surface area contributed by atoms with Gasteiger partial charge in [0.1, 0.15) is 6.54 Å². The molecule has 3 rings (SSSR count). The second-order valence-corrected chi connectivity index (χ2v) is 6.96. The summed E-state index contributed by atoms with van der Waals surface area (Å²) in [5, 5.41) is 3.33. The number of amides is 1. The second-order valence-electron chi connectivity index (χ2n) is 6.96. The number of Topliss-reactive ketones (excluding diaryl/α,β-unsaturated/α-hetero) is 1. The molecule has 0 saturated carbocycles.